The Morgan fingerprint density at radius 3 is 2.40 bits per heavy atom. The number of aryl methyl sites for hydroxylation is 1. The zero-order chi connectivity index (χ0) is 15.3. The van der Waals surface area contributed by atoms with Gasteiger partial charge in [-0.1, -0.05) is 12.1 Å². The van der Waals surface area contributed by atoms with E-state index in [1.807, 2.05) is 52.0 Å². The summed E-state index contributed by atoms with van der Waals surface area (Å²) in [6, 6.07) is 7.69. The normalized spacial score (nSPS) is 11.1. The monoisotopic (exact) mass is 277 g/mol. The summed E-state index contributed by atoms with van der Waals surface area (Å²) in [5, 5.41) is 0. The Kier molecular flexibility index (Phi) is 5.31. The van der Waals surface area contributed by atoms with Gasteiger partial charge in [0.1, 0.15) is 5.60 Å². The molecule has 1 aromatic carbocycles. The minimum absolute atomic E-state index is 0.0959. The first-order valence-corrected chi connectivity index (χ1v) is 6.74. The lowest BCUT2D eigenvalue weighted by molar-refractivity contribution is -0.155. The maximum absolute atomic E-state index is 12.0. The smallest absolute Gasteiger partial charge is 0.306 e. The summed E-state index contributed by atoms with van der Waals surface area (Å²) in [4.78, 5) is 25.2. The zero-order valence-corrected chi connectivity index (χ0v) is 12.9. The topological polar surface area (TPSA) is 46.6 Å². The maximum Gasteiger partial charge on any atom is 0.306 e. The Balaban J connectivity index is 2.53. The van der Waals surface area contributed by atoms with Crippen LogP contribution in [0.1, 0.15) is 39.2 Å². The second-order valence-corrected chi connectivity index (χ2v) is 5.88. The molecule has 0 aliphatic carbocycles. The molecule has 1 rings (SSSR count). The van der Waals surface area contributed by atoms with Gasteiger partial charge in [-0.3, -0.25) is 9.59 Å². The molecule has 1 amide bonds. The number of esters is 1. The van der Waals surface area contributed by atoms with Crippen LogP contribution in [0.15, 0.2) is 24.3 Å². The number of hydrogen-bond acceptors (Lipinski definition) is 3. The van der Waals surface area contributed by atoms with Crippen LogP contribution in [0.2, 0.25) is 0 Å². The van der Waals surface area contributed by atoms with Crippen LogP contribution in [-0.4, -0.2) is 24.5 Å². The largest absolute Gasteiger partial charge is 0.460 e. The van der Waals surface area contributed by atoms with Crippen LogP contribution in [-0.2, 0) is 14.3 Å². The van der Waals surface area contributed by atoms with E-state index in [1.54, 1.807) is 11.9 Å². The fourth-order valence-electron chi connectivity index (χ4n) is 1.75. The predicted molar refractivity (Wildman–Crippen MR) is 79.7 cm³/mol. The minimum atomic E-state index is -0.511. The van der Waals surface area contributed by atoms with Crippen molar-refractivity contribution in [2.75, 3.05) is 11.9 Å². The molecule has 110 valence electrons. The lowest BCUT2D eigenvalue weighted by Gasteiger charge is -2.20. The lowest BCUT2D eigenvalue weighted by Crippen LogP contribution is -2.28. The van der Waals surface area contributed by atoms with Crippen molar-refractivity contribution in [3.63, 3.8) is 0 Å². The van der Waals surface area contributed by atoms with Gasteiger partial charge in [0.25, 0.3) is 0 Å². The molecule has 4 heteroatoms. The van der Waals surface area contributed by atoms with Crippen LogP contribution < -0.4 is 4.90 Å². The number of rotatable bonds is 4. The molecule has 0 bridgehead atoms. The maximum atomic E-state index is 12.0. The van der Waals surface area contributed by atoms with E-state index < -0.39 is 5.60 Å². The van der Waals surface area contributed by atoms with Crippen LogP contribution in [0.3, 0.4) is 0 Å². The number of ether oxygens (including phenoxy) is 1. The number of anilines is 1. The Labute approximate surface area is 120 Å². The summed E-state index contributed by atoms with van der Waals surface area (Å²) < 4.78 is 5.18. The van der Waals surface area contributed by atoms with E-state index in [4.69, 9.17) is 4.74 Å². The molecule has 0 aromatic heterocycles. The number of benzene rings is 1. The standard InChI is InChI=1S/C16H23NO3/c1-12-7-6-8-13(11-12)17(5)14(18)9-10-15(19)20-16(2,3)4/h6-8,11H,9-10H2,1-5H3. The molecule has 0 spiro atoms. The van der Waals surface area contributed by atoms with Gasteiger partial charge in [-0.2, -0.15) is 0 Å². The Morgan fingerprint density at radius 2 is 1.85 bits per heavy atom. The first-order chi connectivity index (χ1) is 9.19. The van der Waals surface area contributed by atoms with Gasteiger partial charge in [-0.05, 0) is 45.4 Å². The van der Waals surface area contributed by atoms with E-state index in [-0.39, 0.29) is 24.7 Å². The fourth-order valence-corrected chi connectivity index (χ4v) is 1.75. The molecular weight excluding hydrogens is 254 g/mol. The Hall–Kier alpha value is -1.84. The van der Waals surface area contributed by atoms with Crippen molar-refractivity contribution in [3.8, 4) is 0 Å². The molecule has 0 heterocycles. The average Bonchev–Trinajstić information content (AvgIpc) is 2.33. The van der Waals surface area contributed by atoms with Gasteiger partial charge in [-0.25, -0.2) is 0 Å². The summed E-state index contributed by atoms with van der Waals surface area (Å²) in [7, 11) is 1.71. The van der Waals surface area contributed by atoms with Crippen LogP contribution in [0, 0.1) is 6.92 Å². The highest BCUT2D eigenvalue weighted by atomic mass is 16.6. The van der Waals surface area contributed by atoms with Gasteiger partial charge in [0.2, 0.25) is 5.91 Å². The summed E-state index contributed by atoms with van der Waals surface area (Å²) in [6.07, 6.45) is 0.256. The van der Waals surface area contributed by atoms with Gasteiger partial charge in [-0.15, -0.1) is 0 Å². The molecule has 1 aromatic rings. The van der Waals surface area contributed by atoms with Crippen molar-refractivity contribution in [1.29, 1.82) is 0 Å². The second kappa shape index (κ2) is 6.55. The molecule has 0 aliphatic rings. The molecule has 0 N–H and O–H groups in total. The third-order valence-electron chi connectivity index (χ3n) is 2.73. The van der Waals surface area contributed by atoms with Crippen LogP contribution in [0.5, 0.6) is 0 Å². The first-order valence-electron chi connectivity index (χ1n) is 6.74. The predicted octanol–water partition coefficient (Wildman–Crippen LogP) is 3.08. The number of carbonyl (C=O) groups excluding carboxylic acids is 2. The van der Waals surface area contributed by atoms with Gasteiger partial charge < -0.3 is 9.64 Å². The van der Waals surface area contributed by atoms with Gasteiger partial charge in [0, 0.05) is 19.2 Å². The van der Waals surface area contributed by atoms with Gasteiger partial charge >= 0.3 is 5.97 Å². The minimum Gasteiger partial charge on any atom is -0.460 e. The SMILES string of the molecule is Cc1cccc(N(C)C(=O)CCC(=O)OC(C)(C)C)c1. The Bertz CT molecular complexity index is 489. The summed E-state index contributed by atoms with van der Waals surface area (Å²) in [5.74, 6) is -0.440. The van der Waals surface area contributed by atoms with Crippen molar-refractivity contribution >= 4 is 17.6 Å². The molecule has 0 saturated carbocycles. The van der Waals surface area contributed by atoms with E-state index in [9.17, 15) is 9.59 Å². The van der Waals surface area contributed by atoms with E-state index in [0.29, 0.717) is 0 Å². The van der Waals surface area contributed by atoms with E-state index in [0.717, 1.165) is 11.3 Å². The zero-order valence-electron chi connectivity index (χ0n) is 12.9. The van der Waals surface area contributed by atoms with Gasteiger partial charge in [0.05, 0.1) is 6.42 Å². The second-order valence-electron chi connectivity index (χ2n) is 5.88. The third kappa shape index (κ3) is 5.43. The van der Waals surface area contributed by atoms with E-state index >= 15 is 0 Å². The fraction of sp³-hybridized carbons (Fsp3) is 0.500. The summed E-state index contributed by atoms with van der Waals surface area (Å²) >= 11 is 0. The molecule has 0 radical (unpaired) electrons. The number of carbonyl (C=O) groups is 2. The molecule has 0 unspecified atom stereocenters. The molecule has 0 atom stereocenters. The van der Waals surface area contributed by atoms with Crippen molar-refractivity contribution in [1.82, 2.24) is 0 Å². The highest BCUT2D eigenvalue weighted by Crippen LogP contribution is 2.16. The van der Waals surface area contributed by atoms with Crippen molar-refractivity contribution < 1.29 is 14.3 Å². The number of nitrogens with zero attached hydrogens (tertiary/aromatic N) is 1. The van der Waals surface area contributed by atoms with Gasteiger partial charge in [0.15, 0.2) is 0 Å². The van der Waals surface area contributed by atoms with Crippen molar-refractivity contribution in [2.45, 2.75) is 46.1 Å². The highest BCUT2D eigenvalue weighted by molar-refractivity contribution is 5.94. The average molecular weight is 277 g/mol. The van der Waals surface area contributed by atoms with E-state index in [2.05, 4.69) is 0 Å². The molecule has 4 nitrogen and oxygen atoms in total. The van der Waals surface area contributed by atoms with Crippen molar-refractivity contribution in [3.05, 3.63) is 29.8 Å². The quantitative estimate of drug-likeness (QED) is 0.795. The molecule has 0 saturated heterocycles. The Morgan fingerprint density at radius 1 is 1.20 bits per heavy atom. The summed E-state index contributed by atoms with van der Waals surface area (Å²) in [5.41, 5.74) is 1.41. The molecule has 20 heavy (non-hydrogen) atoms. The summed E-state index contributed by atoms with van der Waals surface area (Å²) in [6.45, 7) is 7.41. The van der Waals surface area contributed by atoms with Crippen molar-refractivity contribution in [2.24, 2.45) is 0 Å². The lowest BCUT2D eigenvalue weighted by atomic mass is 10.2. The highest BCUT2D eigenvalue weighted by Gasteiger charge is 2.18. The third-order valence-corrected chi connectivity index (χ3v) is 2.73. The molecule has 0 aliphatic heterocycles. The van der Waals surface area contributed by atoms with Crippen LogP contribution in [0.25, 0.3) is 0 Å². The number of amides is 1. The molecular formula is C16H23NO3. The van der Waals surface area contributed by atoms with Crippen LogP contribution in [0.4, 0.5) is 5.69 Å². The number of hydrogen-bond donors (Lipinski definition) is 0. The van der Waals surface area contributed by atoms with Crippen LogP contribution >= 0.6 is 0 Å². The first kappa shape index (κ1) is 16.2. The molecule has 0 fully saturated rings. The van der Waals surface area contributed by atoms with E-state index in [1.165, 1.54) is 0 Å².